The highest BCUT2D eigenvalue weighted by Gasteiger charge is 2.12. The van der Waals surface area contributed by atoms with E-state index in [4.69, 9.17) is 0 Å². The fourth-order valence-corrected chi connectivity index (χ4v) is 3.82. The number of rotatable bonds is 5. The van der Waals surface area contributed by atoms with Crippen molar-refractivity contribution < 1.29 is 0 Å². The van der Waals surface area contributed by atoms with Crippen molar-refractivity contribution in [3.05, 3.63) is 16.1 Å². The van der Waals surface area contributed by atoms with Crippen molar-refractivity contribution >= 4 is 23.1 Å². The summed E-state index contributed by atoms with van der Waals surface area (Å²) in [5, 5.41) is 7.11. The van der Waals surface area contributed by atoms with E-state index in [1.165, 1.54) is 35.0 Å². The molecule has 0 aliphatic carbocycles. The Bertz CT molecular complexity index is 306. The molecule has 0 radical (unpaired) electrons. The molecule has 16 heavy (non-hydrogen) atoms. The fraction of sp³-hybridized carbons (Fsp3) is 0.750. The van der Waals surface area contributed by atoms with Crippen LogP contribution in [0.5, 0.6) is 0 Å². The maximum absolute atomic E-state index is 4.58. The van der Waals surface area contributed by atoms with E-state index in [2.05, 4.69) is 34.4 Å². The minimum atomic E-state index is 0.739. The molecule has 4 heteroatoms. The van der Waals surface area contributed by atoms with Gasteiger partial charge in [-0.15, -0.1) is 11.3 Å². The largest absolute Gasteiger partial charge is 0.313 e. The molecule has 1 saturated heterocycles. The molecular weight excluding hydrogens is 236 g/mol. The van der Waals surface area contributed by atoms with Crippen molar-refractivity contribution in [1.29, 1.82) is 0 Å². The van der Waals surface area contributed by atoms with Crippen molar-refractivity contribution in [2.75, 3.05) is 18.1 Å². The van der Waals surface area contributed by atoms with Crippen LogP contribution >= 0.6 is 23.1 Å². The first-order chi connectivity index (χ1) is 7.88. The zero-order valence-corrected chi connectivity index (χ0v) is 11.5. The number of nitrogens with one attached hydrogen (secondary N) is 1. The first kappa shape index (κ1) is 12.4. The highest BCUT2D eigenvalue weighted by molar-refractivity contribution is 7.99. The molecule has 1 aliphatic rings. The molecule has 0 spiro atoms. The van der Waals surface area contributed by atoms with Gasteiger partial charge in [-0.2, -0.15) is 11.8 Å². The zero-order valence-electron chi connectivity index (χ0n) is 9.87. The predicted octanol–water partition coefficient (Wildman–Crippen LogP) is 2.73. The Balaban J connectivity index is 1.66. The predicted molar refractivity (Wildman–Crippen MR) is 73.5 cm³/mol. The molecule has 90 valence electrons. The van der Waals surface area contributed by atoms with E-state index in [-0.39, 0.29) is 0 Å². The van der Waals surface area contributed by atoms with E-state index in [0.29, 0.717) is 0 Å². The molecule has 2 nitrogen and oxygen atoms in total. The van der Waals surface area contributed by atoms with Crippen LogP contribution in [0.25, 0.3) is 0 Å². The highest BCUT2D eigenvalue weighted by atomic mass is 32.2. The van der Waals surface area contributed by atoms with Gasteiger partial charge < -0.3 is 5.32 Å². The summed E-state index contributed by atoms with van der Waals surface area (Å²) < 4.78 is 0. The number of nitrogens with zero attached hydrogens (tertiary/aromatic N) is 1. The topological polar surface area (TPSA) is 24.9 Å². The number of hydrogen-bond donors (Lipinski definition) is 1. The lowest BCUT2D eigenvalue weighted by molar-refractivity contribution is 0.510. The van der Waals surface area contributed by atoms with Crippen LogP contribution in [0.3, 0.4) is 0 Å². The molecule has 0 saturated carbocycles. The van der Waals surface area contributed by atoms with Crippen LogP contribution in [-0.4, -0.2) is 29.1 Å². The van der Waals surface area contributed by atoms with Crippen LogP contribution in [0.15, 0.2) is 5.38 Å². The molecule has 1 fully saturated rings. The van der Waals surface area contributed by atoms with Gasteiger partial charge in [0.2, 0.25) is 0 Å². The Hall–Kier alpha value is -0.0600. The summed E-state index contributed by atoms with van der Waals surface area (Å²) in [6, 6.07) is 0.739. The van der Waals surface area contributed by atoms with E-state index in [1.807, 2.05) is 0 Å². The third-order valence-corrected chi connectivity index (χ3v) is 5.13. The SMILES string of the molecule is CCc1nc(CCN[C@@H]2CCCSC2)cs1. The van der Waals surface area contributed by atoms with Crippen LogP contribution < -0.4 is 5.32 Å². The summed E-state index contributed by atoms with van der Waals surface area (Å²) in [5.41, 5.74) is 1.26. The van der Waals surface area contributed by atoms with Gasteiger partial charge in [-0.25, -0.2) is 4.98 Å². The first-order valence-electron chi connectivity index (χ1n) is 6.13. The molecule has 0 unspecified atom stereocenters. The maximum Gasteiger partial charge on any atom is 0.0925 e. The lowest BCUT2D eigenvalue weighted by atomic mass is 10.2. The molecule has 1 aromatic rings. The van der Waals surface area contributed by atoms with E-state index in [0.717, 1.165) is 25.4 Å². The fourth-order valence-electron chi connectivity index (χ4n) is 1.93. The third-order valence-electron chi connectivity index (χ3n) is 2.88. The zero-order chi connectivity index (χ0) is 11.2. The minimum absolute atomic E-state index is 0.739. The second-order valence-electron chi connectivity index (χ2n) is 4.20. The third kappa shape index (κ3) is 3.75. The number of aromatic nitrogens is 1. The van der Waals surface area contributed by atoms with Crippen molar-refractivity contribution in [2.45, 2.75) is 38.6 Å². The first-order valence-corrected chi connectivity index (χ1v) is 8.16. The molecule has 0 aromatic carbocycles. The molecule has 1 atom stereocenters. The summed E-state index contributed by atoms with van der Waals surface area (Å²) in [7, 11) is 0. The molecule has 0 bridgehead atoms. The molecular formula is C12H20N2S2. The summed E-state index contributed by atoms with van der Waals surface area (Å²) in [4.78, 5) is 4.58. The van der Waals surface area contributed by atoms with Gasteiger partial charge in [0.15, 0.2) is 0 Å². The van der Waals surface area contributed by atoms with E-state index >= 15 is 0 Å². The lowest BCUT2D eigenvalue weighted by Crippen LogP contribution is -2.35. The van der Waals surface area contributed by atoms with Crippen molar-refractivity contribution in [3.8, 4) is 0 Å². The number of thiazole rings is 1. The smallest absolute Gasteiger partial charge is 0.0925 e. The summed E-state index contributed by atoms with van der Waals surface area (Å²) in [5.74, 6) is 2.64. The van der Waals surface area contributed by atoms with Gasteiger partial charge in [-0.05, 0) is 25.0 Å². The van der Waals surface area contributed by atoms with E-state index < -0.39 is 0 Å². The Morgan fingerprint density at radius 1 is 1.56 bits per heavy atom. The highest BCUT2D eigenvalue weighted by Crippen LogP contribution is 2.17. The number of aryl methyl sites for hydroxylation is 1. The molecule has 1 aromatic heterocycles. The van der Waals surface area contributed by atoms with Gasteiger partial charge in [0.05, 0.1) is 10.7 Å². The Kier molecular flexibility index (Phi) is 5.13. The normalized spacial score (nSPS) is 21.2. The van der Waals surface area contributed by atoms with Crippen LogP contribution in [0.4, 0.5) is 0 Å². The summed E-state index contributed by atoms with van der Waals surface area (Å²) in [6.45, 7) is 3.25. The molecule has 2 heterocycles. The molecule has 1 aliphatic heterocycles. The van der Waals surface area contributed by atoms with Crippen LogP contribution in [0, 0.1) is 0 Å². The second-order valence-corrected chi connectivity index (χ2v) is 6.30. The quantitative estimate of drug-likeness (QED) is 0.877. The van der Waals surface area contributed by atoms with Gasteiger partial charge in [0.25, 0.3) is 0 Å². The molecule has 1 N–H and O–H groups in total. The van der Waals surface area contributed by atoms with Crippen LogP contribution in [-0.2, 0) is 12.8 Å². The number of thioether (sulfide) groups is 1. The summed E-state index contributed by atoms with van der Waals surface area (Å²) >= 11 is 3.87. The second kappa shape index (κ2) is 6.62. The van der Waals surface area contributed by atoms with Gasteiger partial charge in [0.1, 0.15) is 0 Å². The van der Waals surface area contributed by atoms with Gasteiger partial charge in [-0.3, -0.25) is 0 Å². The lowest BCUT2D eigenvalue weighted by Gasteiger charge is -2.22. The molecule has 2 rings (SSSR count). The maximum atomic E-state index is 4.58. The number of hydrogen-bond acceptors (Lipinski definition) is 4. The standard InChI is InChI=1S/C12H20N2S2/c1-2-12-14-11(9-16-12)5-6-13-10-4-3-7-15-8-10/h9-10,13H,2-8H2,1H3/t10-/m1/s1. The van der Waals surface area contributed by atoms with Gasteiger partial charge in [0, 0.05) is 30.1 Å². The van der Waals surface area contributed by atoms with Gasteiger partial charge in [-0.1, -0.05) is 6.92 Å². The average Bonchev–Trinajstić information content (AvgIpc) is 2.78. The van der Waals surface area contributed by atoms with Crippen molar-refractivity contribution in [1.82, 2.24) is 10.3 Å². The molecule has 0 amide bonds. The minimum Gasteiger partial charge on any atom is -0.313 e. The van der Waals surface area contributed by atoms with Gasteiger partial charge >= 0.3 is 0 Å². The van der Waals surface area contributed by atoms with E-state index in [9.17, 15) is 0 Å². The van der Waals surface area contributed by atoms with E-state index in [1.54, 1.807) is 11.3 Å². The average molecular weight is 256 g/mol. The van der Waals surface area contributed by atoms with Crippen LogP contribution in [0.2, 0.25) is 0 Å². The van der Waals surface area contributed by atoms with Crippen molar-refractivity contribution in [2.24, 2.45) is 0 Å². The Morgan fingerprint density at radius 2 is 2.50 bits per heavy atom. The Morgan fingerprint density at radius 3 is 3.19 bits per heavy atom. The monoisotopic (exact) mass is 256 g/mol. The Labute approximate surface area is 106 Å². The van der Waals surface area contributed by atoms with Crippen molar-refractivity contribution in [3.63, 3.8) is 0 Å². The van der Waals surface area contributed by atoms with Crippen LogP contribution in [0.1, 0.15) is 30.5 Å². The summed E-state index contributed by atoms with van der Waals surface area (Å²) in [6.07, 6.45) is 4.87.